The number of nitrogens with zero attached hydrogens (tertiary/aromatic N) is 3. The van der Waals surface area contributed by atoms with Gasteiger partial charge in [0.05, 0.1) is 10.2 Å². The summed E-state index contributed by atoms with van der Waals surface area (Å²) in [6.45, 7) is 9.60. The number of rotatable bonds is 8. The minimum Gasteiger partial charge on any atom is -0.302 e. The molecule has 0 aliphatic rings. The first-order valence-corrected chi connectivity index (χ1v) is 11.1. The fourth-order valence-corrected chi connectivity index (χ4v) is 4.41. The van der Waals surface area contributed by atoms with Crippen LogP contribution in [-0.2, 0) is 4.79 Å². The first-order valence-electron chi connectivity index (χ1n) is 9.86. The van der Waals surface area contributed by atoms with Crippen LogP contribution in [0.25, 0.3) is 16.3 Å². The van der Waals surface area contributed by atoms with Gasteiger partial charge in [-0.2, -0.15) is 0 Å². The Bertz CT molecular complexity index is 1010. The molecule has 2 aromatic carbocycles. The summed E-state index contributed by atoms with van der Waals surface area (Å²) in [5.41, 5.74) is 2.90. The average Bonchev–Trinajstić information content (AvgIpc) is 3.16. The van der Waals surface area contributed by atoms with Crippen molar-refractivity contribution in [3.63, 3.8) is 0 Å². The number of carbonyl (C=O) groups excluding carboxylic acids is 1. The number of halogens is 1. The maximum atomic E-state index is 13.1. The van der Waals surface area contributed by atoms with Crippen LogP contribution in [-0.4, -0.2) is 42.0 Å². The van der Waals surface area contributed by atoms with E-state index in [9.17, 15) is 4.79 Å². The lowest BCUT2D eigenvalue weighted by atomic mass is 10.2. The van der Waals surface area contributed by atoms with E-state index < -0.39 is 0 Å². The maximum Gasteiger partial charge on any atom is 0.252 e. The molecule has 0 fully saturated rings. The lowest BCUT2D eigenvalue weighted by Gasteiger charge is -2.23. The molecular formula is C23H26ClN3OS. The highest BCUT2D eigenvalue weighted by Crippen LogP contribution is 2.31. The molecule has 1 aromatic heterocycles. The smallest absolute Gasteiger partial charge is 0.252 e. The quantitative estimate of drug-likeness (QED) is 0.436. The van der Waals surface area contributed by atoms with Crippen LogP contribution in [0.4, 0.5) is 5.13 Å². The number of carbonyl (C=O) groups is 1. The summed E-state index contributed by atoms with van der Waals surface area (Å²) in [7, 11) is 0. The van der Waals surface area contributed by atoms with Crippen LogP contribution in [0.5, 0.6) is 0 Å². The molecule has 29 heavy (non-hydrogen) atoms. The van der Waals surface area contributed by atoms with E-state index in [1.165, 1.54) is 0 Å². The SMILES string of the molecule is CCN(CC)CCN(C(=O)C=Cc1ccccc1Cl)c1nc2c(C)cccc2s1. The first-order chi connectivity index (χ1) is 14.0. The van der Waals surface area contributed by atoms with Gasteiger partial charge in [-0.1, -0.05) is 67.1 Å². The summed E-state index contributed by atoms with van der Waals surface area (Å²) in [5.74, 6) is -0.0891. The van der Waals surface area contributed by atoms with Gasteiger partial charge in [-0.3, -0.25) is 9.69 Å². The second-order valence-corrected chi connectivity index (χ2v) is 8.21. The van der Waals surface area contributed by atoms with Crippen LogP contribution in [0.3, 0.4) is 0 Å². The number of hydrogen-bond donors (Lipinski definition) is 0. The number of hydrogen-bond acceptors (Lipinski definition) is 4. The Hall–Kier alpha value is -2.21. The summed E-state index contributed by atoms with van der Waals surface area (Å²) in [4.78, 5) is 22.0. The van der Waals surface area contributed by atoms with Crippen LogP contribution in [0, 0.1) is 6.92 Å². The minimum atomic E-state index is -0.0891. The van der Waals surface area contributed by atoms with Crippen LogP contribution >= 0.6 is 22.9 Å². The first kappa shape index (κ1) is 21.5. The van der Waals surface area contributed by atoms with Gasteiger partial charge in [0.25, 0.3) is 5.91 Å². The van der Waals surface area contributed by atoms with E-state index >= 15 is 0 Å². The largest absolute Gasteiger partial charge is 0.302 e. The fraction of sp³-hybridized carbons (Fsp3) is 0.304. The Morgan fingerprint density at radius 3 is 2.55 bits per heavy atom. The zero-order valence-electron chi connectivity index (χ0n) is 17.1. The number of aromatic nitrogens is 1. The molecule has 0 aliphatic carbocycles. The summed E-state index contributed by atoms with van der Waals surface area (Å²) in [6, 6.07) is 13.6. The van der Waals surface area contributed by atoms with E-state index in [4.69, 9.17) is 16.6 Å². The van der Waals surface area contributed by atoms with Crippen molar-refractivity contribution in [3.8, 4) is 0 Å². The van der Waals surface area contributed by atoms with E-state index in [1.54, 1.807) is 28.4 Å². The average molecular weight is 428 g/mol. The Morgan fingerprint density at radius 2 is 1.86 bits per heavy atom. The normalized spacial score (nSPS) is 11.6. The van der Waals surface area contributed by atoms with Crippen molar-refractivity contribution in [2.45, 2.75) is 20.8 Å². The third-order valence-corrected chi connectivity index (χ3v) is 6.34. The second-order valence-electron chi connectivity index (χ2n) is 6.79. The van der Waals surface area contributed by atoms with Gasteiger partial charge in [-0.15, -0.1) is 0 Å². The molecular weight excluding hydrogens is 402 g/mol. The minimum absolute atomic E-state index is 0.0891. The monoisotopic (exact) mass is 427 g/mol. The summed E-state index contributed by atoms with van der Waals surface area (Å²) in [5, 5.41) is 1.36. The molecule has 6 heteroatoms. The molecule has 1 amide bonds. The summed E-state index contributed by atoms with van der Waals surface area (Å²) < 4.78 is 1.09. The molecule has 0 saturated carbocycles. The van der Waals surface area contributed by atoms with Gasteiger partial charge >= 0.3 is 0 Å². The lowest BCUT2D eigenvalue weighted by molar-refractivity contribution is -0.114. The lowest BCUT2D eigenvalue weighted by Crippen LogP contribution is -2.38. The number of likely N-dealkylation sites (N-methyl/N-ethyl adjacent to an activating group) is 1. The number of thiazole rings is 1. The zero-order valence-corrected chi connectivity index (χ0v) is 18.6. The third-order valence-electron chi connectivity index (χ3n) is 4.95. The zero-order chi connectivity index (χ0) is 20.8. The van der Waals surface area contributed by atoms with Crippen molar-refractivity contribution < 1.29 is 4.79 Å². The number of amides is 1. The molecule has 0 unspecified atom stereocenters. The summed E-state index contributed by atoms with van der Waals surface area (Å²) in [6.07, 6.45) is 3.36. The Kier molecular flexibility index (Phi) is 7.42. The molecule has 0 aliphatic heterocycles. The van der Waals surface area contributed by atoms with Crippen LogP contribution in [0.15, 0.2) is 48.5 Å². The molecule has 0 saturated heterocycles. The van der Waals surface area contributed by atoms with Gasteiger partial charge in [0.15, 0.2) is 5.13 Å². The van der Waals surface area contributed by atoms with Crippen molar-refractivity contribution in [2.75, 3.05) is 31.1 Å². The molecule has 3 rings (SSSR count). The van der Waals surface area contributed by atoms with Gasteiger partial charge in [0.1, 0.15) is 0 Å². The number of anilines is 1. The van der Waals surface area contributed by atoms with Crippen molar-refractivity contribution in [2.24, 2.45) is 0 Å². The van der Waals surface area contributed by atoms with E-state index in [1.807, 2.05) is 43.3 Å². The highest BCUT2D eigenvalue weighted by Gasteiger charge is 2.19. The standard InChI is InChI=1S/C23H26ClN3OS/c1-4-26(5-2)15-16-27(21(28)14-13-18-10-6-7-11-19(18)24)23-25-22-17(3)9-8-12-20(22)29-23/h6-14H,4-5,15-16H2,1-3H3. The van der Waals surface area contributed by atoms with Crippen molar-refractivity contribution in [1.29, 1.82) is 0 Å². The van der Waals surface area contributed by atoms with Crippen molar-refractivity contribution in [3.05, 3.63) is 64.7 Å². The second kappa shape index (κ2) is 10.0. The Balaban J connectivity index is 1.90. The Morgan fingerprint density at radius 1 is 1.10 bits per heavy atom. The van der Waals surface area contributed by atoms with Gasteiger partial charge < -0.3 is 4.90 Å². The van der Waals surface area contributed by atoms with Gasteiger partial charge in [-0.05, 0) is 49.3 Å². The van der Waals surface area contributed by atoms with Crippen LogP contribution < -0.4 is 4.90 Å². The number of benzene rings is 2. The Labute approximate surface area is 181 Å². The predicted molar refractivity (Wildman–Crippen MR) is 125 cm³/mol. The highest BCUT2D eigenvalue weighted by molar-refractivity contribution is 7.22. The molecule has 4 nitrogen and oxygen atoms in total. The number of aryl methyl sites for hydroxylation is 1. The molecule has 0 radical (unpaired) electrons. The topological polar surface area (TPSA) is 36.4 Å². The fourth-order valence-electron chi connectivity index (χ4n) is 3.13. The molecule has 0 atom stereocenters. The van der Waals surface area contributed by atoms with Gasteiger partial charge in [0.2, 0.25) is 0 Å². The van der Waals surface area contributed by atoms with E-state index in [0.717, 1.165) is 46.1 Å². The molecule has 0 N–H and O–H groups in total. The third kappa shape index (κ3) is 5.24. The summed E-state index contributed by atoms with van der Waals surface area (Å²) >= 11 is 7.78. The maximum absolute atomic E-state index is 13.1. The van der Waals surface area contributed by atoms with E-state index in [0.29, 0.717) is 11.6 Å². The van der Waals surface area contributed by atoms with Gasteiger partial charge in [0, 0.05) is 24.2 Å². The van der Waals surface area contributed by atoms with Crippen LogP contribution in [0.2, 0.25) is 5.02 Å². The molecule has 3 aromatic rings. The van der Waals surface area contributed by atoms with E-state index in [2.05, 4.69) is 24.8 Å². The molecule has 0 spiro atoms. The van der Waals surface area contributed by atoms with Crippen molar-refractivity contribution >= 4 is 50.3 Å². The van der Waals surface area contributed by atoms with E-state index in [-0.39, 0.29) is 5.91 Å². The highest BCUT2D eigenvalue weighted by atomic mass is 35.5. The number of fused-ring (bicyclic) bond motifs is 1. The predicted octanol–water partition coefficient (Wildman–Crippen LogP) is 5.65. The van der Waals surface area contributed by atoms with Crippen molar-refractivity contribution in [1.82, 2.24) is 9.88 Å². The molecule has 0 bridgehead atoms. The van der Waals surface area contributed by atoms with Crippen LogP contribution in [0.1, 0.15) is 25.0 Å². The van der Waals surface area contributed by atoms with Gasteiger partial charge in [-0.25, -0.2) is 4.98 Å². The number of para-hydroxylation sites is 1. The molecule has 1 heterocycles. The molecule has 152 valence electrons.